The summed E-state index contributed by atoms with van der Waals surface area (Å²) in [4.78, 5) is 12.8. The summed E-state index contributed by atoms with van der Waals surface area (Å²) in [6.45, 7) is 3.24. The topological polar surface area (TPSA) is 87.7 Å². The Balaban J connectivity index is 1.42. The molecule has 0 spiro atoms. The Morgan fingerprint density at radius 3 is 2.60 bits per heavy atom. The molecule has 2 N–H and O–H groups in total. The van der Waals surface area contributed by atoms with Crippen LogP contribution in [0.4, 0.5) is 11.4 Å². The van der Waals surface area contributed by atoms with Crippen LogP contribution in [0.15, 0.2) is 47.4 Å². The van der Waals surface area contributed by atoms with Gasteiger partial charge in [0, 0.05) is 24.5 Å². The van der Waals surface area contributed by atoms with Gasteiger partial charge in [0.25, 0.3) is 0 Å². The first-order chi connectivity index (χ1) is 14.4. The van der Waals surface area contributed by atoms with Crippen LogP contribution in [-0.2, 0) is 32.4 Å². The average molecular weight is 430 g/mol. The highest BCUT2D eigenvalue weighted by Crippen LogP contribution is 2.25. The summed E-state index contributed by atoms with van der Waals surface area (Å²) in [6.07, 6.45) is 3.38. The second-order valence-corrected chi connectivity index (χ2v) is 9.67. The summed E-state index contributed by atoms with van der Waals surface area (Å²) in [5.74, 6) is -0.226. The van der Waals surface area contributed by atoms with Crippen LogP contribution in [0.25, 0.3) is 0 Å². The van der Waals surface area contributed by atoms with Crippen LogP contribution in [0.2, 0.25) is 0 Å². The van der Waals surface area contributed by atoms with E-state index in [0.29, 0.717) is 32.0 Å². The lowest BCUT2D eigenvalue weighted by Gasteiger charge is -2.26. The van der Waals surface area contributed by atoms with Crippen LogP contribution >= 0.6 is 0 Å². The highest BCUT2D eigenvalue weighted by molar-refractivity contribution is 7.89. The van der Waals surface area contributed by atoms with Crippen LogP contribution in [0.3, 0.4) is 0 Å². The van der Waals surface area contributed by atoms with Crippen LogP contribution in [-0.4, -0.2) is 51.0 Å². The molecule has 1 heterocycles. The molecule has 1 aliphatic heterocycles. The van der Waals surface area contributed by atoms with E-state index in [9.17, 15) is 13.2 Å². The van der Waals surface area contributed by atoms with Crippen molar-refractivity contribution >= 4 is 27.3 Å². The number of hydrogen-bond acceptors (Lipinski definition) is 5. The molecular formula is C22H27N3O4S. The third-order valence-electron chi connectivity index (χ3n) is 5.58. The zero-order valence-corrected chi connectivity index (χ0v) is 17.9. The SMILES string of the molecule is C[C@H](Nc1ccc2c(c1)CCC2)C(=O)Nc1cccc(S(=O)(=O)N2CCOCC2)c1. The Bertz CT molecular complexity index is 1030. The number of aryl methyl sites for hydroxylation is 2. The van der Waals surface area contributed by atoms with Gasteiger partial charge in [-0.15, -0.1) is 0 Å². The van der Waals surface area contributed by atoms with Gasteiger partial charge in [0.2, 0.25) is 15.9 Å². The number of hydrogen-bond donors (Lipinski definition) is 2. The Morgan fingerprint density at radius 1 is 1.03 bits per heavy atom. The van der Waals surface area contributed by atoms with Gasteiger partial charge in [0.15, 0.2) is 0 Å². The lowest BCUT2D eigenvalue weighted by atomic mass is 10.1. The lowest BCUT2D eigenvalue weighted by molar-refractivity contribution is -0.116. The maximum Gasteiger partial charge on any atom is 0.246 e. The molecule has 2 aliphatic rings. The molecule has 1 saturated heterocycles. The standard InChI is InChI=1S/C22H27N3O4S/c1-16(23-20-9-8-17-4-2-5-18(17)14-20)22(26)24-19-6-3-7-21(15-19)30(27,28)25-10-12-29-13-11-25/h3,6-9,14-16,23H,2,4-5,10-13H2,1H3,(H,24,26)/t16-/m0/s1. The first kappa shape index (κ1) is 20.8. The summed E-state index contributed by atoms with van der Waals surface area (Å²) in [7, 11) is -3.61. The minimum Gasteiger partial charge on any atom is -0.379 e. The number of carbonyl (C=O) groups excluding carboxylic acids is 1. The van der Waals surface area contributed by atoms with Crippen LogP contribution in [0, 0.1) is 0 Å². The van der Waals surface area contributed by atoms with E-state index < -0.39 is 16.1 Å². The van der Waals surface area contributed by atoms with E-state index >= 15 is 0 Å². The minimum atomic E-state index is -3.61. The van der Waals surface area contributed by atoms with E-state index in [0.717, 1.165) is 18.5 Å². The molecule has 0 bridgehead atoms. The van der Waals surface area contributed by atoms with E-state index in [2.05, 4.69) is 22.8 Å². The Kier molecular flexibility index (Phi) is 6.08. The second kappa shape index (κ2) is 8.75. The number of anilines is 2. The number of morpholine rings is 1. The largest absolute Gasteiger partial charge is 0.379 e. The van der Waals surface area contributed by atoms with Crippen molar-refractivity contribution in [1.82, 2.24) is 4.31 Å². The predicted molar refractivity (Wildman–Crippen MR) is 116 cm³/mol. The number of amides is 1. The number of benzene rings is 2. The zero-order valence-electron chi connectivity index (χ0n) is 17.1. The highest BCUT2D eigenvalue weighted by Gasteiger charge is 2.26. The number of nitrogens with one attached hydrogen (secondary N) is 2. The van der Waals surface area contributed by atoms with Crippen molar-refractivity contribution in [3.05, 3.63) is 53.6 Å². The first-order valence-corrected chi connectivity index (χ1v) is 11.7. The molecule has 1 aliphatic carbocycles. The Hall–Kier alpha value is -2.42. The van der Waals surface area contributed by atoms with Gasteiger partial charge in [0.05, 0.1) is 18.1 Å². The maximum atomic E-state index is 12.8. The smallest absolute Gasteiger partial charge is 0.246 e. The molecule has 1 amide bonds. The van der Waals surface area contributed by atoms with Gasteiger partial charge in [-0.05, 0) is 67.6 Å². The molecule has 1 atom stereocenters. The summed E-state index contributed by atoms with van der Waals surface area (Å²) in [5.41, 5.74) is 4.10. The van der Waals surface area contributed by atoms with Gasteiger partial charge in [-0.1, -0.05) is 12.1 Å². The number of fused-ring (bicyclic) bond motifs is 1. The molecule has 2 aromatic carbocycles. The molecule has 1 fully saturated rings. The molecule has 2 aromatic rings. The third kappa shape index (κ3) is 4.50. The van der Waals surface area contributed by atoms with Gasteiger partial charge in [-0.3, -0.25) is 4.79 Å². The summed E-state index contributed by atoms with van der Waals surface area (Å²) >= 11 is 0. The summed E-state index contributed by atoms with van der Waals surface area (Å²) in [6, 6.07) is 12.2. The molecule has 8 heteroatoms. The Labute approximate surface area is 177 Å². The van der Waals surface area contributed by atoms with E-state index in [1.54, 1.807) is 25.1 Å². The van der Waals surface area contributed by atoms with E-state index in [1.807, 2.05) is 6.07 Å². The number of carbonyl (C=O) groups is 1. The van der Waals surface area contributed by atoms with E-state index in [4.69, 9.17) is 4.74 Å². The predicted octanol–water partition coefficient (Wildman–Crippen LogP) is 2.64. The van der Waals surface area contributed by atoms with Crippen molar-refractivity contribution in [2.24, 2.45) is 0 Å². The summed E-state index contributed by atoms with van der Waals surface area (Å²) < 4.78 is 32.3. The minimum absolute atomic E-state index is 0.168. The number of rotatable bonds is 6. The van der Waals surface area contributed by atoms with Crippen molar-refractivity contribution in [2.45, 2.75) is 37.1 Å². The summed E-state index contributed by atoms with van der Waals surface area (Å²) in [5, 5.41) is 6.06. The fourth-order valence-electron chi connectivity index (χ4n) is 3.90. The molecule has 0 saturated carbocycles. The molecule has 7 nitrogen and oxygen atoms in total. The van der Waals surface area contributed by atoms with Gasteiger partial charge in [-0.2, -0.15) is 4.31 Å². The maximum absolute atomic E-state index is 12.8. The fourth-order valence-corrected chi connectivity index (χ4v) is 5.35. The van der Waals surface area contributed by atoms with Gasteiger partial charge >= 0.3 is 0 Å². The molecule has 30 heavy (non-hydrogen) atoms. The molecular weight excluding hydrogens is 402 g/mol. The third-order valence-corrected chi connectivity index (χ3v) is 7.48. The van der Waals surface area contributed by atoms with Crippen molar-refractivity contribution in [3.63, 3.8) is 0 Å². The van der Waals surface area contributed by atoms with Crippen LogP contribution in [0.1, 0.15) is 24.5 Å². The molecule has 0 unspecified atom stereocenters. The number of sulfonamides is 1. The van der Waals surface area contributed by atoms with Crippen molar-refractivity contribution < 1.29 is 17.9 Å². The highest BCUT2D eigenvalue weighted by atomic mass is 32.2. The molecule has 0 aromatic heterocycles. The second-order valence-electron chi connectivity index (χ2n) is 7.74. The van der Waals surface area contributed by atoms with Crippen molar-refractivity contribution in [1.29, 1.82) is 0 Å². The average Bonchev–Trinajstić information content (AvgIpc) is 3.22. The quantitative estimate of drug-likeness (QED) is 0.737. The van der Waals surface area contributed by atoms with Crippen LogP contribution in [0.5, 0.6) is 0 Å². The molecule has 4 rings (SSSR count). The molecule has 160 valence electrons. The van der Waals surface area contributed by atoms with Gasteiger partial charge < -0.3 is 15.4 Å². The van der Waals surface area contributed by atoms with E-state index in [-0.39, 0.29) is 10.8 Å². The van der Waals surface area contributed by atoms with Gasteiger partial charge in [0.1, 0.15) is 6.04 Å². The monoisotopic (exact) mass is 429 g/mol. The molecule has 0 radical (unpaired) electrons. The van der Waals surface area contributed by atoms with Gasteiger partial charge in [-0.25, -0.2) is 8.42 Å². The number of nitrogens with zero attached hydrogens (tertiary/aromatic N) is 1. The van der Waals surface area contributed by atoms with E-state index in [1.165, 1.54) is 27.9 Å². The fraction of sp³-hybridized carbons (Fsp3) is 0.409. The normalized spacial score (nSPS) is 17.9. The lowest BCUT2D eigenvalue weighted by Crippen LogP contribution is -2.40. The van der Waals surface area contributed by atoms with Crippen LogP contribution < -0.4 is 10.6 Å². The number of ether oxygens (including phenoxy) is 1. The zero-order chi connectivity index (χ0) is 21.1. The Morgan fingerprint density at radius 2 is 1.80 bits per heavy atom. The van der Waals surface area contributed by atoms with Crippen molar-refractivity contribution in [3.8, 4) is 0 Å². The van der Waals surface area contributed by atoms with Crippen molar-refractivity contribution in [2.75, 3.05) is 36.9 Å². The first-order valence-electron chi connectivity index (χ1n) is 10.3.